The van der Waals surface area contributed by atoms with Gasteiger partial charge >= 0.3 is 6.03 Å². The summed E-state index contributed by atoms with van der Waals surface area (Å²) in [5, 5.41) is 15.2. The first-order valence-corrected chi connectivity index (χ1v) is 8.47. The molecule has 22 heavy (non-hydrogen) atoms. The highest BCUT2D eigenvalue weighted by Crippen LogP contribution is 2.35. The zero-order chi connectivity index (χ0) is 16.1. The number of rotatable bonds is 2. The average molecular weight is 323 g/mol. The molecule has 1 atom stereocenters. The molecular weight excluding hydrogens is 306 g/mol. The van der Waals surface area contributed by atoms with Gasteiger partial charge in [-0.15, -0.1) is 0 Å². The molecule has 3 rings (SSSR count). The number of nitrogens with two attached hydrogens (primary N) is 2. The van der Waals surface area contributed by atoms with Gasteiger partial charge in [0.25, 0.3) is 0 Å². The van der Waals surface area contributed by atoms with E-state index in [9.17, 15) is 18.3 Å². The molecule has 0 spiro atoms. The number of nitrogens with zero attached hydrogens (tertiary/aromatic N) is 1. The molecular formula is C14H17N3O4S. The predicted octanol–water partition coefficient (Wildman–Crippen LogP) is 0.313. The minimum atomic E-state index is -3.83. The smallest absolute Gasteiger partial charge is 0.323 e. The van der Waals surface area contributed by atoms with E-state index in [-0.39, 0.29) is 17.4 Å². The summed E-state index contributed by atoms with van der Waals surface area (Å²) in [5.41, 5.74) is 7.70. The lowest BCUT2D eigenvalue weighted by Crippen LogP contribution is -2.25. The molecule has 5 N–H and O–H groups in total. The first-order valence-electron chi connectivity index (χ1n) is 6.92. The molecule has 1 aromatic carbocycles. The van der Waals surface area contributed by atoms with Gasteiger partial charge in [-0.25, -0.2) is 18.4 Å². The van der Waals surface area contributed by atoms with E-state index in [1.165, 1.54) is 16.7 Å². The standard InChI is InChI=1S/C14H17N3O4S/c15-14(19)17-12-3-1-8(7-18)5-10(12)11-6-9(22(16,20)21)2-4-13(11)17/h2,4,6,8,18H,1,3,5,7H2,(H2,15,19)(H2,16,20,21). The number of amides is 1. The van der Waals surface area contributed by atoms with Crippen molar-refractivity contribution >= 4 is 27.0 Å². The van der Waals surface area contributed by atoms with Gasteiger partial charge in [0.15, 0.2) is 0 Å². The van der Waals surface area contributed by atoms with Gasteiger partial charge in [-0.05, 0) is 48.9 Å². The molecule has 7 nitrogen and oxygen atoms in total. The number of aromatic nitrogens is 1. The molecule has 1 aliphatic carbocycles. The Bertz CT molecular complexity index is 870. The molecule has 1 aromatic heterocycles. The molecule has 2 aromatic rings. The van der Waals surface area contributed by atoms with Gasteiger partial charge in [0.1, 0.15) is 0 Å². The van der Waals surface area contributed by atoms with Crippen LogP contribution < -0.4 is 10.9 Å². The molecule has 0 saturated carbocycles. The number of sulfonamides is 1. The summed E-state index contributed by atoms with van der Waals surface area (Å²) in [6.07, 6.45) is 1.95. The van der Waals surface area contributed by atoms with Crippen molar-refractivity contribution < 1.29 is 18.3 Å². The summed E-state index contributed by atoms with van der Waals surface area (Å²) in [4.78, 5) is 11.8. The van der Waals surface area contributed by atoms with Crippen LogP contribution in [0.4, 0.5) is 4.79 Å². The lowest BCUT2D eigenvalue weighted by atomic mass is 9.87. The van der Waals surface area contributed by atoms with Crippen LogP contribution in [0.15, 0.2) is 23.1 Å². The third-order valence-corrected chi connectivity index (χ3v) is 5.15. The molecule has 0 radical (unpaired) electrons. The van der Waals surface area contributed by atoms with Gasteiger partial charge < -0.3 is 10.8 Å². The molecule has 0 aliphatic heterocycles. The summed E-state index contributed by atoms with van der Waals surface area (Å²) in [5.74, 6) is 0.0950. The summed E-state index contributed by atoms with van der Waals surface area (Å²) >= 11 is 0. The molecule has 1 heterocycles. The maximum atomic E-state index is 11.8. The van der Waals surface area contributed by atoms with E-state index in [1.54, 1.807) is 6.07 Å². The fourth-order valence-corrected chi connectivity index (χ4v) is 3.73. The Balaban J connectivity index is 2.32. The fourth-order valence-electron chi connectivity index (χ4n) is 3.19. The number of carbonyl (C=O) groups excluding carboxylic acids is 1. The molecule has 1 amide bonds. The van der Waals surface area contributed by atoms with Gasteiger partial charge in [-0.3, -0.25) is 4.57 Å². The van der Waals surface area contributed by atoms with Crippen LogP contribution in [0.1, 0.15) is 17.7 Å². The van der Waals surface area contributed by atoms with Gasteiger partial charge in [0, 0.05) is 17.7 Å². The minimum absolute atomic E-state index is 0.00413. The molecule has 8 heteroatoms. The summed E-state index contributed by atoms with van der Waals surface area (Å²) < 4.78 is 24.5. The SMILES string of the molecule is NC(=O)n1c2c(c3cc(S(N)(=O)=O)ccc31)CC(CO)CC2. The zero-order valence-electron chi connectivity index (χ0n) is 11.8. The second-order valence-corrected chi connectivity index (χ2v) is 7.18. The Hall–Kier alpha value is -1.90. The normalized spacial score (nSPS) is 18.4. The molecule has 0 saturated heterocycles. The number of carbonyl (C=O) groups is 1. The number of hydrogen-bond donors (Lipinski definition) is 3. The molecule has 118 valence electrons. The Morgan fingerprint density at radius 1 is 1.41 bits per heavy atom. The number of aliphatic hydroxyl groups excluding tert-OH is 1. The van der Waals surface area contributed by atoms with Crippen molar-refractivity contribution in [2.45, 2.75) is 24.2 Å². The number of benzene rings is 1. The van der Waals surface area contributed by atoms with E-state index in [2.05, 4.69) is 0 Å². The molecule has 1 aliphatic rings. The van der Waals surface area contributed by atoms with E-state index in [1.807, 2.05) is 0 Å². The highest BCUT2D eigenvalue weighted by molar-refractivity contribution is 7.89. The van der Waals surface area contributed by atoms with Crippen LogP contribution in [-0.2, 0) is 22.9 Å². The number of fused-ring (bicyclic) bond motifs is 3. The monoisotopic (exact) mass is 323 g/mol. The van der Waals surface area contributed by atoms with E-state index < -0.39 is 16.1 Å². The Kier molecular flexibility index (Phi) is 3.47. The third-order valence-electron chi connectivity index (χ3n) is 4.24. The van der Waals surface area contributed by atoms with E-state index >= 15 is 0 Å². The quantitative estimate of drug-likeness (QED) is 0.734. The highest BCUT2D eigenvalue weighted by atomic mass is 32.2. The third kappa shape index (κ3) is 2.29. The summed E-state index contributed by atoms with van der Waals surface area (Å²) in [6.45, 7) is 0.0531. The van der Waals surface area contributed by atoms with Crippen molar-refractivity contribution in [3.63, 3.8) is 0 Å². The van der Waals surface area contributed by atoms with E-state index in [0.717, 1.165) is 17.7 Å². The summed E-state index contributed by atoms with van der Waals surface area (Å²) in [6, 6.07) is 3.79. The Morgan fingerprint density at radius 3 is 2.73 bits per heavy atom. The van der Waals surface area contributed by atoms with Crippen LogP contribution in [0.3, 0.4) is 0 Å². The first-order chi connectivity index (χ1) is 10.3. The van der Waals surface area contributed by atoms with Crippen LogP contribution in [0.25, 0.3) is 10.9 Å². The average Bonchev–Trinajstić information content (AvgIpc) is 2.79. The van der Waals surface area contributed by atoms with Gasteiger partial charge in [-0.2, -0.15) is 0 Å². The largest absolute Gasteiger partial charge is 0.396 e. The number of primary sulfonamides is 1. The summed E-state index contributed by atoms with van der Waals surface area (Å²) in [7, 11) is -3.83. The van der Waals surface area contributed by atoms with Crippen molar-refractivity contribution in [2.24, 2.45) is 16.8 Å². The van der Waals surface area contributed by atoms with Crippen molar-refractivity contribution in [3.05, 3.63) is 29.5 Å². The van der Waals surface area contributed by atoms with Gasteiger partial charge in [-0.1, -0.05) is 0 Å². The second-order valence-electron chi connectivity index (χ2n) is 5.61. The van der Waals surface area contributed by atoms with Crippen molar-refractivity contribution in [3.8, 4) is 0 Å². The number of aliphatic hydroxyl groups is 1. The maximum Gasteiger partial charge on any atom is 0.323 e. The fraction of sp³-hybridized carbons (Fsp3) is 0.357. The molecule has 0 fully saturated rings. The van der Waals surface area contributed by atoms with Crippen LogP contribution >= 0.6 is 0 Å². The predicted molar refractivity (Wildman–Crippen MR) is 80.9 cm³/mol. The van der Waals surface area contributed by atoms with Crippen molar-refractivity contribution in [1.29, 1.82) is 0 Å². The Labute approximate surface area is 127 Å². The topological polar surface area (TPSA) is 128 Å². The maximum absolute atomic E-state index is 11.8. The lowest BCUT2D eigenvalue weighted by Gasteiger charge is -2.21. The minimum Gasteiger partial charge on any atom is -0.396 e. The second kappa shape index (κ2) is 5.08. The van der Waals surface area contributed by atoms with Gasteiger partial charge in [0.2, 0.25) is 10.0 Å². The van der Waals surface area contributed by atoms with Crippen molar-refractivity contribution in [1.82, 2.24) is 4.57 Å². The van der Waals surface area contributed by atoms with Gasteiger partial charge in [0.05, 0.1) is 10.4 Å². The van der Waals surface area contributed by atoms with E-state index in [4.69, 9.17) is 10.9 Å². The van der Waals surface area contributed by atoms with Crippen molar-refractivity contribution in [2.75, 3.05) is 6.61 Å². The zero-order valence-corrected chi connectivity index (χ0v) is 12.6. The van der Waals surface area contributed by atoms with Crippen LogP contribution in [0.2, 0.25) is 0 Å². The van der Waals surface area contributed by atoms with Crippen LogP contribution in [0, 0.1) is 5.92 Å². The molecule has 0 bridgehead atoms. The number of hydrogen-bond acceptors (Lipinski definition) is 4. The lowest BCUT2D eigenvalue weighted by molar-refractivity contribution is 0.212. The van der Waals surface area contributed by atoms with Crippen LogP contribution in [-0.4, -0.2) is 30.7 Å². The van der Waals surface area contributed by atoms with E-state index in [0.29, 0.717) is 23.7 Å². The first kappa shape index (κ1) is 15.0. The van der Waals surface area contributed by atoms with Crippen LogP contribution in [0.5, 0.6) is 0 Å². The number of primary amides is 1. The Morgan fingerprint density at radius 2 is 2.14 bits per heavy atom. The highest BCUT2D eigenvalue weighted by Gasteiger charge is 2.27. The molecule has 1 unspecified atom stereocenters.